The van der Waals surface area contributed by atoms with Gasteiger partial charge in [-0.15, -0.1) is 0 Å². The fourth-order valence-electron chi connectivity index (χ4n) is 1.35. The van der Waals surface area contributed by atoms with Gasteiger partial charge >= 0.3 is 0 Å². The molecule has 0 bridgehead atoms. The summed E-state index contributed by atoms with van der Waals surface area (Å²) in [4.78, 5) is 21.8. The van der Waals surface area contributed by atoms with Gasteiger partial charge < -0.3 is 16.0 Å². The quantitative estimate of drug-likeness (QED) is 0.713. The van der Waals surface area contributed by atoms with Gasteiger partial charge in [0.25, 0.3) is 0 Å². The van der Waals surface area contributed by atoms with Gasteiger partial charge in [-0.25, -0.2) is 0 Å². The van der Waals surface area contributed by atoms with Gasteiger partial charge in [0.15, 0.2) is 5.11 Å². The van der Waals surface area contributed by atoms with E-state index in [-0.39, 0.29) is 16.9 Å². The Morgan fingerprint density at radius 2 is 1.78 bits per heavy atom. The van der Waals surface area contributed by atoms with Crippen LogP contribution in [0.3, 0.4) is 0 Å². The molecule has 96 valence electrons. The van der Waals surface area contributed by atoms with Crippen LogP contribution in [0.1, 0.15) is 19.4 Å². The smallest absolute Gasteiger partial charge is 0.222 e. The van der Waals surface area contributed by atoms with Gasteiger partial charge in [-0.05, 0) is 36.8 Å². The second-order valence-electron chi connectivity index (χ2n) is 3.85. The van der Waals surface area contributed by atoms with Gasteiger partial charge in [-0.2, -0.15) is 0 Å². The first-order valence-electron chi connectivity index (χ1n) is 5.35. The molecule has 0 saturated carbocycles. The van der Waals surface area contributed by atoms with Gasteiger partial charge in [-0.3, -0.25) is 9.59 Å². The summed E-state index contributed by atoms with van der Waals surface area (Å²) in [5.74, 6) is -0.374. The van der Waals surface area contributed by atoms with Crippen LogP contribution in [-0.4, -0.2) is 16.9 Å². The third-order valence-electron chi connectivity index (χ3n) is 2.10. The number of aryl methyl sites for hydroxylation is 1. The van der Waals surface area contributed by atoms with E-state index in [1.54, 1.807) is 6.07 Å². The Morgan fingerprint density at radius 3 is 2.33 bits per heavy atom. The number of amides is 2. The van der Waals surface area contributed by atoms with Crippen LogP contribution in [0.25, 0.3) is 0 Å². The zero-order chi connectivity index (χ0) is 13.7. The molecule has 2 amide bonds. The van der Waals surface area contributed by atoms with Gasteiger partial charge in [0.1, 0.15) is 0 Å². The van der Waals surface area contributed by atoms with Crippen LogP contribution in [0.2, 0.25) is 0 Å². The molecule has 0 radical (unpaired) electrons. The second kappa shape index (κ2) is 6.11. The Hall–Kier alpha value is -1.95. The minimum atomic E-state index is -0.235. The van der Waals surface area contributed by atoms with Crippen molar-refractivity contribution in [3.8, 4) is 0 Å². The highest BCUT2D eigenvalue weighted by Gasteiger charge is 2.04. The van der Waals surface area contributed by atoms with E-state index in [0.29, 0.717) is 11.4 Å². The molecule has 0 saturated heterocycles. The van der Waals surface area contributed by atoms with Crippen molar-refractivity contribution in [1.82, 2.24) is 5.32 Å². The SMILES string of the molecule is CC(=O)NC(=S)Nc1ccc(C)c(NC(C)=O)c1. The Morgan fingerprint density at radius 1 is 1.11 bits per heavy atom. The van der Waals surface area contributed by atoms with Crippen LogP contribution in [0.5, 0.6) is 0 Å². The summed E-state index contributed by atoms with van der Waals surface area (Å²) in [5.41, 5.74) is 2.35. The van der Waals surface area contributed by atoms with Crippen LogP contribution in [-0.2, 0) is 9.59 Å². The van der Waals surface area contributed by atoms with Gasteiger partial charge in [0.05, 0.1) is 0 Å². The summed E-state index contributed by atoms with van der Waals surface area (Å²) in [5, 5.41) is 8.26. The van der Waals surface area contributed by atoms with Gasteiger partial charge in [0, 0.05) is 25.2 Å². The van der Waals surface area contributed by atoms with Crippen molar-refractivity contribution in [3.05, 3.63) is 23.8 Å². The van der Waals surface area contributed by atoms with Gasteiger partial charge in [0.2, 0.25) is 11.8 Å². The molecule has 1 aromatic rings. The molecule has 0 unspecified atom stereocenters. The molecule has 6 heteroatoms. The third-order valence-corrected chi connectivity index (χ3v) is 2.30. The number of benzene rings is 1. The summed E-state index contributed by atoms with van der Waals surface area (Å²) in [7, 11) is 0. The first-order valence-corrected chi connectivity index (χ1v) is 5.76. The molecular formula is C12H15N3O2S. The first-order chi connectivity index (χ1) is 8.38. The van der Waals surface area contributed by atoms with E-state index in [1.807, 2.05) is 19.1 Å². The zero-order valence-corrected chi connectivity index (χ0v) is 11.3. The standard InChI is InChI=1S/C12H15N3O2S/c1-7-4-5-10(6-11(7)13-8(2)16)15-12(18)14-9(3)17/h4-6H,1-3H3,(H,13,16)(H2,14,15,17,18). The number of rotatable bonds is 2. The molecule has 5 nitrogen and oxygen atoms in total. The normalized spacial score (nSPS) is 9.50. The van der Waals surface area contributed by atoms with E-state index in [4.69, 9.17) is 12.2 Å². The Kier molecular flexibility index (Phi) is 4.79. The summed E-state index contributed by atoms with van der Waals surface area (Å²) in [6.45, 7) is 4.72. The second-order valence-corrected chi connectivity index (χ2v) is 4.25. The molecule has 3 N–H and O–H groups in total. The van der Waals surface area contributed by atoms with E-state index >= 15 is 0 Å². The predicted octanol–water partition coefficient (Wildman–Crippen LogP) is 1.79. The van der Waals surface area contributed by atoms with Crippen molar-refractivity contribution in [2.24, 2.45) is 0 Å². The number of thiocarbonyl (C=S) groups is 1. The number of hydrogen-bond donors (Lipinski definition) is 3. The third kappa shape index (κ3) is 4.50. The highest BCUT2D eigenvalue weighted by Crippen LogP contribution is 2.20. The molecule has 0 heterocycles. The monoisotopic (exact) mass is 265 g/mol. The van der Waals surface area contributed by atoms with Crippen molar-refractivity contribution >= 4 is 40.5 Å². The molecule has 18 heavy (non-hydrogen) atoms. The topological polar surface area (TPSA) is 70.2 Å². The zero-order valence-electron chi connectivity index (χ0n) is 10.5. The molecule has 1 rings (SSSR count). The maximum atomic E-state index is 11.0. The minimum Gasteiger partial charge on any atom is -0.332 e. The molecule has 0 aliphatic rings. The molecule has 1 aromatic carbocycles. The van der Waals surface area contributed by atoms with E-state index in [1.165, 1.54) is 13.8 Å². The summed E-state index contributed by atoms with van der Waals surface area (Å²) in [6.07, 6.45) is 0. The summed E-state index contributed by atoms with van der Waals surface area (Å²) in [6, 6.07) is 5.42. The molecule has 0 aliphatic heterocycles. The first kappa shape index (κ1) is 14.1. The molecule has 0 atom stereocenters. The van der Waals surface area contributed by atoms with Crippen LogP contribution in [0.4, 0.5) is 11.4 Å². The lowest BCUT2D eigenvalue weighted by Gasteiger charge is -2.11. The van der Waals surface area contributed by atoms with Crippen molar-refractivity contribution in [2.75, 3.05) is 10.6 Å². The molecule has 0 aromatic heterocycles. The maximum Gasteiger partial charge on any atom is 0.222 e. The van der Waals surface area contributed by atoms with E-state index in [9.17, 15) is 9.59 Å². The van der Waals surface area contributed by atoms with Crippen LogP contribution >= 0.6 is 12.2 Å². The molecule has 0 aliphatic carbocycles. The van der Waals surface area contributed by atoms with E-state index < -0.39 is 0 Å². The lowest BCUT2D eigenvalue weighted by atomic mass is 10.2. The van der Waals surface area contributed by atoms with Crippen LogP contribution < -0.4 is 16.0 Å². The van der Waals surface area contributed by atoms with Crippen LogP contribution in [0, 0.1) is 6.92 Å². The predicted molar refractivity (Wildman–Crippen MR) is 75.5 cm³/mol. The lowest BCUT2D eigenvalue weighted by Crippen LogP contribution is -2.32. The maximum absolute atomic E-state index is 11.0. The number of carbonyl (C=O) groups is 2. The van der Waals surface area contributed by atoms with Crippen molar-refractivity contribution in [3.63, 3.8) is 0 Å². The average Bonchev–Trinajstić information content (AvgIpc) is 2.21. The summed E-state index contributed by atoms with van der Waals surface area (Å²) >= 11 is 4.95. The number of anilines is 2. The largest absolute Gasteiger partial charge is 0.332 e. The molecule has 0 fully saturated rings. The highest BCUT2D eigenvalue weighted by atomic mass is 32.1. The average molecular weight is 265 g/mol. The Balaban J connectivity index is 2.81. The van der Waals surface area contributed by atoms with Crippen molar-refractivity contribution in [1.29, 1.82) is 0 Å². The molecular weight excluding hydrogens is 250 g/mol. The number of carbonyl (C=O) groups excluding carboxylic acids is 2. The summed E-state index contributed by atoms with van der Waals surface area (Å²) < 4.78 is 0. The Labute approximate surface area is 111 Å². The highest BCUT2D eigenvalue weighted by molar-refractivity contribution is 7.80. The van der Waals surface area contributed by atoms with Crippen molar-refractivity contribution in [2.45, 2.75) is 20.8 Å². The van der Waals surface area contributed by atoms with E-state index in [2.05, 4.69) is 16.0 Å². The minimum absolute atomic E-state index is 0.139. The fourth-order valence-corrected chi connectivity index (χ4v) is 1.61. The Bertz CT molecular complexity index is 500. The van der Waals surface area contributed by atoms with Crippen molar-refractivity contribution < 1.29 is 9.59 Å². The van der Waals surface area contributed by atoms with Crippen LogP contribution in [0.15, 0.2) is 18.2 Å². The fraction of sp³-hybridized carbons (Fsp3) is 0.250. The molecule has 0 spiro atoms. The number of hydrogen-bond acceptors (Lipinski definition) is 3. The lowest BCUT2D eigenvalue weighted by molar-refractivity contribution is -0.117. The van der Waals surface area contributed by atoms with E-state index in [0.717, 1.165) is 5.56 Å². The number of nitrogens with one attached hydrogen (secondary N) is 3. The van der Waals surface area contributed by atoms with Gasteiger partial charge in [-0.1, -0.05) is 6.07 Å².